The van der Waals surface area contributed by atoms with Crippen molar-refractivity contribution >= 4 is 0 Å². The van der Waals surface area contributed by atoms with Gasteiger partial charge in [0.05, 0.1) is 25.9 Å². The third kappa shape index (κ3) is 4.86. The lowest BCUT2D eigenvalue weighted by molar-refractivity contribution is 0.177. The van der Waals surface area contributed by atoms with Gasteiger partial charge in [0, 0.05) is 44.9 Å². The Balaban J connectivity index is 1.44. The quantitative estimate of drug-likeness (QED) is 0.770. The summed E-state index contributed by atoms with van der Waals surface area (Å²) >= 11 is 0. The number of nitrogens with zero attached hydrogens (tertiary/aromatic N) is 5. The lowest BCUT2D eigenvalue weighted by Gasteiger charge is -2.32. The molecular formula is C16H26N6O2. The largest absolute Gasteiger partial charge is 0.383 e. The van der Waals surface area contributed by atoms with Gasteiger partial charge >= 0.3 is 0 Å². The van der Waals surface area contributed by atoms with Crippen LogP contribution in [0.3, 0.4) is 0 Å². The third-order valence-corrected chi connectivity index (χ3v) is 4.25. The minimum absolute atomic E-state index is 0.481. The summed E-state index contributed by atoms with van der Waals surface area (Å²) in [6.07, 6.45) is 6.38. The van der Waals surface area contributed by atoms with Crippen LogP contribution < -0.4 is 5.32 Å². The zero-order valence-corrected chi connectivity index (χ0v) is 14.4. The van der Waals surface area contributed by atoms with Gasteiger partial charge in [-0.25, -0.2) is 0 Å². The highest BCUT2D eigenvalue weighted by molar-refractivity contribution is 5.03. The second-order valence-corrected chi connectivity index (χ2v) is 6.29. The number of aromatic nitrogens is 4. The highest BCUT2D eigenvalue weighted by Crippen LogP contribution is 2.13. The van der Waals surface area contributed by atoms with E-state index in [1.165, 1.54) is 18.4 Å². The summed E-state index contributed by atoms with van der Waals surface area (Å²) in [4.78, 5) is 6.67. The molecule has 132 valence electrons. The van der Waals surface area contributed by atoms with Crippen LogP contribution in [0.5, 0.6) is 0 Å². The van der Waals surface area contributed by atoms with Crippen LogP contribution in [0.15, 0.2) is 16.9 Å². The van der Waals surface area contributed by atoms with E-state index in [1.54, 1.807) is 7.11 Å². The zero-order chi connectivity index (χ0) is 16.8. The molecule has 1 aliphatic heterocycles. The molecule has 1 saturated heterocycles. The SMILES string of the molecule is COCCn1cc(CNC2CCCN(Cc3noc(C)n3)C2)cn1. The minimum atomic E-state index is 0.481. The number of ether oxygens (including phenoxy) is 1. The molecule has 0 bridgehead atoms. The van der Waals surface area contributed by atoms with E-state index >= 15 is 0 Å². The van der Waals surface area contributed by atoms with E-state index in [9.17, 15) is 0 Å². The van der Waals surface area contributed by atoms with Crippen molar-refractivity contribution in [2.75, 3.05) is 26.8 Å². The van der Waals surface area contributed by atoms with Gasteiger partial charge in [0.1, 0.15) is 0 Å². The number of hydrogen-bond donors (Lipinski definition) is 1. The average Bonchev–Trinajstić information content (AvgIpc) is 3.20. The molecule has 2 aromatic rings. The number of nitrogens with one attached hydrogen (secondary N) is 1. The van der Waals surface area contributed by atoms with Gasteiger partial charge in [0.25, 0.3) is 0 Å². The van der Waals surface area contributed by atoms with E-state index in [4.69, 9.17) is 9.26 Å². The molecule has 0 spiro atoms. The van der Waals surface area contributed by atoms with Crippen LogP contribution in [0.1, 0.15) is 30.1 Å². The number of rotatable bonds is 8. The highest BCUT2D eigenvalue weighted by Gasteiger charge is 2.21. The van der Waals surface area contributed by atoms with Crippen molar-refractivity contribution in [1.82, 2.24) is 30.1 Å². The van der Waals surface area contributed by atoms with Crippen LogP contribution in [0, 0.1) is 6.92 Å². The molecule has 0 radical (unpaired) electrons. The first-order chi connectivity index (χ1) is 11.7. The molecule has 3 heterocycles. The fraction of sp³-hybridized carbons (Fsp3) is 0.688. The van der Waals surface area contributed by atoms with Crippen LogP contribution in [0.2, 0.25) is 0 Å². The van der Waals surface area contributed by atoms with Gasteiger partial charge in [-0.05, 0) is 19.4 Å². The predicted molar refractivity (Wildman–Crippen MR) is 88.3 cm³/mol. The number of aryl methyl sites for hydroxylation is 1. The molecule has 8 heteroatoms. The van der Waals surface area contributed by atoms with Crippen molar-refractivity contribution < 1.29 is 9.26 Å². The van der Waals surface area contributed by atoms with Crippen molar-refractivity contribution in [3.8, 4) is 0 Å². The molecule has 2 aromatic heterocycles. The molecule has 1 unspecified atom stereocenters. The zero-order valence-electron chi connectivity index (χ0n) is 14.4. The molecule has 1 atom stereocenters. The molecule has 8 nitrogen and oxygen atoms in total. The third-order valence-electron chi connectivity index (χ3n) is 4.25. The first-order valence-corrected chi connectivity index (χ1v) is 8.48. The van der Waals surface area contributed by atoms with Crippen molar-refractivity contribution in [2.24, 2.45) is 0 Å². The Morgan fingerprint density at radius 1 is 1.46 bits per heavy atom. The normalized spacial score (nSPS) is 19.0. The summed E-state index contributed by atoms with van der Waals surface area (Å²) in [5.41, 5.74) is 1.21. The molecule has 0 aromatic carbocycles. The van der Waals surface area contributed by atoms with Crippen LogP contribution in [-0.4, -0.2) is 57.7 Å². The molecule has 1 aliphatic rings. The van der Waals surface area contributed by atoms with Gasteiger partial charge in [-0.1, -0.05) is 5.16 Å². The summed E-state index contributed by atoms with van der Waals surface area (Å²) in [6, 6.07) is 0.481. The van der Waals surface area contributed by atoms with E-state index < -0.39 is 0 Å². The fourth-order valence-electron chi connectivity index (χ4n) is 3.04. The number of hydrogen-bond acceptors (Lipinski definition) is 7. The average molecular weight is 334 g/mol. The van der Waals surface area contributed by atoms with Crippen molar-refractivity contribution in [2.45, 2.75) is 45.4 Å². The van der Waals surface area contributed by atoms with Crippen LogP contribution >= 0.6 is 0 Å². The summed E-state index contributed by atoms with van der Waals surface area (Å²) in [5.74, 6) is 1.40. The first-order valence-electron chi connectivity index (χ1n) is 8.48. The Kier molecular flexibility index (Phi) is 5.95. The lowest BCUT2D eigenvalue weighted by Crippen LogP contribution is -2.45. The van der Waals surface area contributed by atoms with Crippen molar-refractivity contribution in [1.29, 1.82) is 0 Å². The van der Waals surface area contributed by atoms with Crippen molar-refractivity contribution in [3.63, 3.8) is 0 Å². The minimum Gasteiger partial charge on any atom is -0.383 e. The number of likely N-dealkylation sites (tertiary alicyclic amines) is 1. The summed E-state index contributed by atoms with van der Waals surface area (Å²) in [5, 5.41) is 12.0. The van der Waals surface area contributed by atoms with E-state index in [-0.39, 0.29) is 0 Å². The topological polar surface area (TPSA) is 81.2 Å². The summed E-state index contributed by atoms with van der Waals surface area (Å²) in [7, 11) is 1.71. The number of piperidine rings is 1. The molecular weight excluding hydrogens is 308 g/mol. The lowest BCUT2D eigenvalue weighted by atomic mass is 10.1. The Morgan fingerprint density at radius 3 is 3.17 bits per heavy atom. The van der Waals surface area contributed by atoms with E-state index in [2.05, 4.69) is 31.7 Å². The second-order valence-electron chi connectivity index (χ2n) is 6.29. The summed E-state index contributed by atoms with van der Waals surface area (Å²) in [6.45, 7) is 6.98. The molecule has 1 N–H and O–H groups in total. The Labute approximate surface area is 142 Å². The smallest absolute Gasteiger partial charge is 0.223 e. The Hall–Kier alpha value is -1.77. The van der Waals surface area contributed by atoms with Crippen LogP contribution in [0.4, 0.5) is 0 Å². The van der Waals surface area contributed by atoms with Gasteiger partial charge in [-0.2, -0.15) is 10.1 Å². The van der Waals surface area contributed by atoms with E-state index in [1.807, 2.05) is 17.8 Å². The molecule has 0 aliphatic carbocycles. The van der Waals surface area contributed by atoms with Gasteiger partial charge in [0.15, 0.2) is 5.82 Å². The van der Waals surface area contributed by atoms with Crippen LogP contribution in [-0.2, 0) is 24.4 Å². The standard InChI is InChI=1S/C16H26N6O2/c1-13-19-16(20-24-13)12-21-5-3-4-15(11-21)17-8-14-9-18-22(10-14)6-7-23-2/h9-10,15,17H,3-8,11-12H2,1-2H3. The fourth-order valence-corrected chi connectivity index (χ4v) is 3.04. The number of methoxy groups -OCH3 is 1. The van der Waals surface area contributed by atoms with E-state index in [0.29, 0.717) is 18.5 Å². The first kappa shape index (κ1) is 17.1. The molecule has 24 heavy (non-hydrogen) atoms. The van der Waals surface area contributed by atoms with Gasteiger partial charge in [-0.3, -0.25) is 9.58 Å². The van der Waals surface area contributed by atoms with E-state index in [0.717, 1.165) is 38.5 Å². The maximum Gasteiger partial charge on any atom is 0.223 e. The maximum absolute atomic E-state index is 5.07. The Morgan fingerprint density at radius 2 is 2.38 bits per heavy atom. The molecule has 0 saturated carbocycles. The highest BCUT2D eigenvalue weighted by atomic mass is 16.5. The molecule has 3 rings (SSSR count). The van der Waals surface area contributed by atoms with Gasteiger partial charge in [-0.15, -0.1) is 0 Å². The van der Waals surface area contributed by atoms with Gasteiger partial charge in [0.2, 0.25) is 5.89 Å². The molecule has 1 fully saturated rings. The second kappa shape index (κ2) is 8.36. The monoisotopic (exact) mass is 334 g/mol. The van der Waals surface area contributed by atoms with Gasteiger partial charge < -0.3 is 14.6 Å². The summed E-state index contributed by atoms with van der Waals surface area (Å²) < 4.78 is 12.0. The molecule has 0 amide bonds. The van der Waals surface area contributed by atoms with Crippen LogP contribution in [0.25, 0.3) is 0 Å². The maximum atomic E-state index is 5.07. The Bertz CT molecular complexity index is 626. The van der Waals surface area contributed by atoms with Crippen molar-refractivity contribution in [3.05, 3.63) is 29.7 Å². The predicted octanol–water partition coefficient (Wildman–Crippen LogP) is 0.975.